The smallest absolute Gasteiger partial charge is 0.267 e. The maximum Gasteiger partial charge on any atom is 0.267 e. The van der Waals surface area contributed by atoms with Gasteiger partial charge in [-0.15, -0.1) is 0 Å². The third-order valence-corrected chi connectivity index (χ3v) is 6.62. The van der Waals surface area contributed by atoms with Gasteiger partial charge in [0.25, 0.3) is 5.91 Å². The zero-order valence-corrected chi connectivity index (χ0v) is 19.5. The first kappa shape index (κ1) is 22.9. The molecule has 5 rings (SSSR count). The van der Waals surface area contributed by atoms with Gasteiger partial charge in [0, 0.05) is 36.9 Å². The monoisotopic (exact) mass is 464 g/mol. The molecule has 1 unspecified atom stereocenters. The lowest BCUT2D eigenvalue weighted by Gasteiger charge is -2.35. The van der Waals surface area contributed by atoms with Gasteiger partial charge in [0.15, 0.2) is 0 Å². The van der Waals surface area contributed by atoms with Crippen LogP contribution in [0, 0.1) is 0 Å². The summed E-state index contributed by atoms with van der Waals surface area (Å²) in [7, 11) is 0. The van der Waals surface area contributed by atoms with Crippen LogP contribution in [0.4, 0.5) is 0 Å². The Balaban J connectivity index is 1.46. The molecule has 0 spiro atoms. The van der Waals surface area contributed by atoms with Crippen molar-refractivity contribution in [2.75, 3.05) is 0 Å². The SMILES string of the molecule is O=C(C=Cc1ccc(CN(Cc2nccc3ccccc23)C2CCCc3cccnc32)cc1)NO. The fraction of sp³-hybridized carbons (Fsp3) is 0.207. The van der Waals surface area contributed by atoms with E-state index in [1.165, 1.54) is 33.7 Å². The van der Waals surface area contributed by atoms with Gasteiger partial charge in [-0.3, -0.25) is 24.9 Å². The van der Waals surface area contributed by atoms with E-state index in [-0.39, 0.29) is 6.04 Å². The Morgan fingerprint density at radius 3 is 2.71 bits per heavy atom. The van der Waals surface area contributed by atoms with E-state index in [0.717, 1.165) is 43.6 Å². The van der Waals surface area contributed by atoms with Gasteiger partial charge in [0.05, 0.1) is 17.4 Å². The molecule has 2 aromatic carbocycles. The van der Waals surface area contributed by atoms with Gasteiger partial charge in [-0.05, 0) is 59.5 Å². The van der Waals surface area contributed by atoms with Crippen LogP contribution in [0.3, 0.4) is 0 Å². The molecule has 6 heteroatoms. The van der Waals surface area contributed by atoms with Gasteiger partial charge >= 0.3 is 0 Å². The molecule has 0 bridgehead atoms. The molecule has 2 N–H and O–H groups in total. The minimum atomic E-state index is -0.550. The van der Waals surface area contributed by atoms with Gasteiger partial charge < -0.3 is 0 Å². The van der Waals surface area contributed by atoms with E-state index >= 15 is 0 Å². The number of amides is 1. The summed E-state index contributed by atoms with van der Waals surface area (Å²) in [6.07, 6.45) is 10.0. The molecule has 0 fully saturated rings. The Kier molecular flexibility index (Phi) is 6.93. The van der Waals surface area contributed by atoms with Crippen LogP contribution in [0.25, 0.3) is 16.8 Å². The number of benzene rings is 2. The number of hydroxylamine groups is 1. The second kappa shape index (κ2) is 10.6. The topological polar surface area (TPSA) is 78.4 Å². The molecule has 1 atom stereocenters. The maximum absolute atomic E-state index is 11.3. The van der Waals surface area contributed by atoms with Crippen molar-refractivity contribution in [3.63, 3.8) is 0 Å². The molecule has 4 aromatic rings. The fourth-order valence-electron chi connectivity index (χ4n) is 4.90. The molecule has 0 radical (unpaired) electrons. The molecule has 0 saturated carbocycles. The molecule has 2 aromatic heterocycles. The highest BCUT2D eigenvalue weighted by Crippen LogP contribution is 2.35. The lowest BCUT2D eigenvalue weighted by molar-refractivity contribution is -0.124. The average molecular weight is 465 g/mol. The molecule has 2 heterocycles. The number of carbonyl (C=O) groups is 1. The predicted octanol–water partition coefficient (Wildman–Crippen LogP) is 5.23. The Bertz CT molecular complexity index is 1350. The van der Waals surface area contributed by atoms with Crippen LogP contribution in [-0.2, 0) is 24.3 Å². The lowest BCUT2D eigenvalue weighted by atomic mass is 9.90. The summed E-state index contributed by atoms with van der Waals surface area (Å²) < 4.78 is 0. The highest BCUT2D eigenvalue weighted by Gasteiger charge is 2.28. The van der Waals surface area contributed by atoms with Gasteiger partial charge in [-0.1, -0.05) is 54.6 Å². The summed E-state index contributed by atoms with van der Waals surface area (Å²) in [6, 6.07) is 23.0. The van der Waals surface area contributed by atoms with Gasteiger partial charge in [0.2, 0.25) is 0 Å². The molecule has 35 heavy (non-hydrogen) atoms. The second-order valence-corrected chi connectivity index (χ2v) is 8.89. The van der Waals surface area contributed by atoms with Crippen LogP contribution in [0.5, 0.6) is 0 Å². The van der Waals surface area contributed by atoms with E-state index in [4.69, 9.17) is 15.2 Å². The van der Waals surface area contributed by atoms with Crippen LogP contribution in [0.2, 0.25) is 0 Å². The zero-order valence-electron chi connectivity index (χ0n) is 19.5. The van der Waals surface area contributed by atoms with E-state index in [2.05, 4.69) is 53.4 Å². The maximum atomic E-state index is 11.3. The molecular formula is C29H28N4O2. The summed E-state index contributed by atoms with van der Waals surface area (Å²) in [5.74, 6) is -0.550. The number of aromatic nitrogens is 2. The molecule has 6 nitrogen and oxygen atoms in total. The predicted molar refractivity (Wildman–Crippen MR) is 136 cm³/mol. The summed E-state index contributed by atoms with van der Waals surface area (Å²) in [4.78, 5) is 23.3. The molecule has 0 saturated heterocycles. The van der Waals surface area contributed by atoms with E-state index < -0.39 is 5.91 Å². The fourth-order valence-corrected chi connectivity index (χ4v) is 4.90. The Morgan fingerprint density at radius 1 is 1.00 bits per heavy atom. The number of hydrogen-bond donors (Lipinski definition) is 2. The van der Waals surface area contributed by atoms with Crippen LogP contribution in [0.1, 0.15) is 47.0 Å². The van der Waals surface area contributed by atoms with Crippen molar-refractivity contribution in [1.29, 1.82) is 0 Å². The van der Waals surface area contributed by atoms with Crippen molar-refractivity contribution in [3.8, 4) is 0 Å². The minimum absolute atomic E-state index is 0.216. The standard InChI is InChI=1S/C29H28N4O2/c34-28(32-35)15-14-21-10-12-22(13-11-21)19-33(27-9-3-6-24-7-4-17-31-29(24)27)20-26-25-8-2-1-5-23(25)16-18-30-26/h1-2,4-5,7-8,10-18,27,35H,3,6,9,19-20H2,(H,32,34). The molecule has 176 valence electrons. The molecule has 1 aliphatic rings. The molecule has 1 amide bonds. The third kappa shape index (κ3) is 5.29. The number of nitrogens with one attached hydrogen (secondary N) is 1. The summed E-state index contributed by atoms with van der Waals surface area (Å²) >= 11 is 0. The Morgan fingerprint density at radius 2 is 1.86 bits per heavy atom. The van der Waals surface area contributed by atoms with Gasteiger partial charge in [-0.25, -0.2) is 5.48 Å². The first-order chi connectivity index (χ1) is 17.2. The van der Waals surface area contributed by atoms with Crippen molar-refractivity contribution >= 4 is 22.8 Å². The number of rotatable bonds is 7. The number of aryl methyl sites for hydroxylation is 1. The average Bonchev–Trinajstić information content (AvgIpc) is 2.92. The first-order valence-electron chi connectivity index (χ1n) is 11.9. The van der Waals surface area contributed by atoms with Crippen LogP contribution >= 0.6 is 0 Å². The highest BCUT2D eigenvalue weighted by molar-refractivity contribution is 5.90. The number of nitrogens with zero attached hydrogens (tertiary/aromatic N) is 3. The number of pyridine rings is 2. The highest BCUT2D eigenvalue weighted by atomic mass is 16.5. The van der Waals surface area contributed by atoms with Gasteiger partial charge in [0.1, 0.15) is 0 Å². The van der Waals surface area contributed by atoms with Crippen molar-refractivity contribution in [3.05, 3.63) is 113 Å². The van der Waals surface area contributed by atoms with Crippen LogP contribution in [0.15, 0.2) is 85.2 Å². The normalized spacial score (nSPS) is 15.4. The van der Waals surface area contributed by atoms with E-state index in [0.29, 0.717) is 0 Å². The summed E-state index contributed by atoms with van der Waals surface area (Å²) in [5.41, 5.74) is 7.26. The lowest BCUT2D eigenvalue weighted by Crippen LogP contribution is -2.31. The second-order valence-electron chi connectivity index (χ2n) is 8.89. The van der Waals surface area contributed by atoms with Crippen LogP contribution < -0.4 is 5.48 Å². The van der Waals surface area contributed by atoms with E-state index in [1.54, 1.807) is 11.6 Å². The Labute approximate surface area is 204 Å². The van der Waals surface area contributed by atoms with Crippen LogP contribution in [-0.4, -0.2) is 26.0 Å². The van der Waals surface area contributed by atoms with E-state index in [9.17, 15) is 4.79 Å². The van der Waals surface area contributed by atoms with Crippen molar-refractivity contribution in [1.82, 2.24) is 20.3 Å². The van der Waals surface area contributed by atoms with Crippen molar-refractivity contribution in [2.45, 2.75) is 38.4 Å². The third-order valence-electron chi connectivity index (χ3n) is 6.62. The quantitative estimate of drug-likeness (QED) is 0.223. The Hall–Kier alpha value is -3.87. The van der Waals surface area contributed by atoms with E-state index in [1.807, 2.05) is 30.6 Å². The first-order valence-corrected chi connectivity index (χ1v) is 11.9. The zero-order chi connectivity index (χ0) is 24.0. The molecular weight excluding hydrogens is 436 g/mol. The summed E-state index contributed by atoms with van der Waals surface area (Å²) in [6.45, 7) is 1.48. The molecule has 1 aliphatic carbocycles. The van der Waals surface area contributed by atoms with Gasteiger partial charge in [-0.2, -0.15) is 0 Å². The largest absolute Gasteiger partial charge is 0.288 e. The minimum Gasteiger partial charge on any atom is -0.288 e. The summed E-state index contributed by atoms with van der Waals surface area (Å²) in [5, 5.41) is 11.0. The van der Waals surface area contributed by atoms with Crippen molar-refractivity contribution < 1.29 is 10.0 Å². The number of carbonyl (C=O) groups excluding carboxylic acids is 1. The number of hydrogen-bond acceptors (Lipinski definition) is 5. The number of fused-ring (bicyclic) bond motifs is 2. The molecule has 0 aliphatic heterocycles. The van der Waals surface area contributed by atoms with Crippen molar-refractivity contribution in [2.24, 2.45) is 0 Å².